The number of hydrogen-bond acceptors (Lipinski definition) is 8. The molecule has 1 saturated heterocycles. The number of benzene rings is 1. The van der Waals surface area contributed by atoms with Gasteiger partial charge in [0, 0.05) is 30.6 Å². The normalized spacial score (nSPS) is 23.4. The van der Waals surface area contributed by atoms with E-state index in [1.807, 2.05) is 6.92 Å². The molecule has 9 nitrogen and oxygen atoms in total. The molecule has 2 fully saturated rings. The van der Waals surface area contributed by atoms with Crippen molar-refractivity contribution in [1.82, 2.24) is 15.0 Å². The second kappa shape index (κ2) is 11.1. The zero-order valence-electron chi connectivity index (χ0n) is 20.1. The van der Waals surface area contributed by atoms with Crippen LogP contribution in [0.1, 0.15) is 58.3 Å². The molecule has 2 unspecified atom stereocenters. The molecular weight excluding hydrogens is 437 g/mol. The van der Waals surface area contributed by atoms with Crippen LogP contribution in [0.2, 0.25) is 0 Å². The van der Waals surface area contributed by atoms with E-state index in [9.17, 15) is 9.60 Å². The highest BCUT2D eigenvalue weighted by molar-refractivity contribution is 5.57. The fourth-order valence-corrected chi connectivity index (χ4v) is 4.96. The van der Waals surface area contributed by atoms with Gasteiger partial charge in [0.25, 0.3) is 0 Å². The van der Waals surface area contributed by atoms with E-state index in [1.54, 1.807) is 12.1 Å². The van der Waals surface area contributed by atoms with Crippen LogP contribution >= 0.6 is 0 Å². The van der Waals surface area contributed by atoms with Crippen LogP contribution in [0.5, 0.6) is 5.75 Å². The van der Waals surface area contributed by atoms with E-state index < -0.39 is 5.82 Å². The van der Waals surface area contributed by atoms with E-state index in [-0.39, 0.29) is 16.4 Å². The Morgan fingerprint density at radius 2 is 1.76 bits per heavy atom. The van der Waals surface area contributed by atoms with Gasteiger partial charge in [-0.05, 0) is 31.9 Å². The summed E-state index contributed by atoms with van der Waals surface area (Å²) in [6, 6.07) is 4.90. The number of hydrogen-bond donors (Lipinski definition) is 3. The lowest BCUT2D eigenvalue weighted by Crippen LogP contribution is -2.49. The number of anilines is 4. The molecule has 0 spiro atoms. The molecule has 1 aromatic carbocycles. The Hall–Kier alpha value is -2.72. The summed E-state index contributed by atoms with van der Waals surface area (Å²) >= 11 is 0. The summed E-state index contributed by atoms with van der Waals surface area (Å²) < 4.78 is 19.0. The Balaban J connectivity index is 1.53. The van der Waals surface area contributed by atoms with Crippen molar-refractivity contribution in [2.24, 2.45) is 0 Å². The van der Waals surface area contributed by atoms with E-state index in [1.165, 1.54) is 38.9 Å². The molecule has 1 saturated carbocycles. The van der Waals surface area contributed by atoms with E-state index in [2.05, 4.69) is 30.9 Å². The minimum absolute atomic E-state index is 0.0212. The highest BCUT2D eigenvalue weighted by atomic mass is 19.1. The number of nitrogens with zero attached hydrogens (tertiary/aromatic N) is 4. The Morgan fingerprint density at radius 3 is 2.47 bits per heavy atom. The van der Waals surface area contributed by atoms with Crippen LogP contribution in [0.4, 0.5) is 27.9 Å². The first-order valence-corrected chi connectivity index (χ1v) is 12.4. The number of ether oxygens (including phenoxy) is 1. The number of quaternary nitrogens is 1. The lowest BCUT2D eigenvalue weighted by atomic mass is 10.1. The minimum Gasteiger partial charge on any atom is -0.633 e. The van der Waals surface area contributed by atoms with Crippen molar-refractivity contribution in [3.05, 3.63) is 29.2 Å². The molecule has 3 N–H and O–H groups in total. The first-order chi connectivity index (χ1) is 16.5. The van der Waals surface area contributed by atoms with E-state index in [0.29, 0.717) is 49.2 Å². The van der Waals surface area contributed by atoms with Gasteiger partial charge in [-0.3, -0.25) is 0 Å². The van der Waals surface area contributed by atoms with Crippen molar-refractivity contribution >= 4 is 23.5 Å². The molecule has 0 bridgehead atoms. The Bertz CT molecular complexity index is 955. The lowest BCUT2D eigenvalue weighted by Gasteiger charge is -2.43. The topological polar surface area (TPSA) is 107 Å². The van der Waals surface area contributed by atoms with E-state index >= 15 is 0 Å². The molecule has 2 heterocycles. The average Bonchev–Trinajstić information content (AvgIpc) is 3.01. The summed E-state index contributed by atoms with van der Waals surface area (Å²) in [5.74, 6) is 0.888. The first-order valence-electron chi connectivity index (χ1n) is 12.4. The summed E-state index contributed by atoms with van der Waals surface area (Å²) in [6.45, 7) is 3.66. The number of aromatic nitrogens is 3. The molecule has 10 heteroatoms. The summed E-state index contributed by atoms with van der Waals surface area (Å²) in [4.78, 5) is 13.6. The van der Waals surface area contributed by atoms with Gasteiger partial charge in [0.1, 0.15) is 6.04 Å². The van der Waals surface area contributed by atoms with Crippen molar-refractivity contribution in [1.29, 1.82) is 0 Å². The maximum Gasteiger partial charge on any atom is 0.233 e. The summed E-state index contributed by atoms with van der Waals surface area (Å²) in [6.07, 6.45) is 8.87. The third-order valence-corrected chi connectivity index (χ3v) is 7.00. The van der Waals surface area contributed by atoms with Crippen LogP contribution < -0.4 is 20.7 Å². The lowest BCUT2D eigenvalue weighted by molar-refractivity contribution is -0.888. The molecule has 186 valence electrons. The van der Waals surface area contributed by atoms with Crippen molar-refractivity contribution in [3.8, 4) is 5.75 Å². The quantitative estimate of drug-likeness (QED) is 0.271. The van der Waals surface area contributed by atoms with Gasteiger partial charge < -0.3 is 30.5 Å². The summed E-state index contributed by atoms with van der Waals surface area (Å²) in [7, 11) is 1.43. The average molecular weight is 474 g/mol. The molecule has 0 radical (unpaired) electrons. The van der Waals surface area contributed by atoms with E-state index in [0.717, 1.165) is 25.7 Å². The van der Waals surface area contributed by atoms with Gasteiger partial charge in [-0.15, -0.1) is 0 Å². The highest BCUT2D eigenvalue weighted by Gasteiger charge is 2.33. The minimum atomic E-state index is -0.470. The highest BCUT2D eigenvalue weighted by Crippen LogP contribution is 2.27. The summed E-state index contributed by atoms with van der Waals surface area (Å²) in [5.41, 5.74) is 0.507. The smallest absolute Gasteiger partial charge is 0.233 e. The van der Waals surface area contributed by atoms with Crippen molar-refractivity contribution in [2.45, 2.75) is 70.4 Å². The first kappa shape index (κ1) is 24.4. The molecule has 0 amide bonds. The maximum absolute atomic E-state index is 14.2. The maximum atomic E-state index is 14.2. The van der Waals surface area contributed by atoms with Gasteiger partial charge in [-0.1, -0.05) is 25.7 Å². The second-order valence-electron chi connectivity index (χ2n) is 9.28. The SMILES string of the molecule is CC[N+]1([O-])CCCC1CNc1nc(Nc2ccc(OC)c(F)c2)nc(NC2CCCCCC2)n1. The van der Waals surface area contributed by atoms with Crippen molar-refractivity contribution < 1.29 is 13.8 Å². The standard InChI is InChI=1S/C24H36FN7O2/c1-3-32(33)14-8-11-19(32)16-26-22-29-23(27-17-9-6-4-5-7-10-17)31-24(30-22)28-18-12-13-21(34-2)20(25)15-18/h12-13,15,17,19H,3-11,14,16H2,1-2H3,(H3,26,27,28,29,30,31). The third kappa shape index (κ3) is 6.04. The molecular formula is C24H36FN7O2. The number of likely N-dealkylation sites (N-methyl/N-ethyl adjacent to an activating group) is 1. The third-order valence-electron chi connectivity index (χ3n) is 7.00. The Morgan fingerprint density at radius 1 is 1.03 bits per heavy atom. The fraction of sp³-hybridized carbons (Fsp3) is 0.625. The number of likely N-dealkylation sites (tertiary alicyclic amines) is 1. The van der Waals surface area contributed by atoms with Gasteiger partial charge in [0.15, 0.2) is 11.6 Å². The van der Waals surface area contributed by atoms with Crippen LogP contribution in [0.15, 0.2) is 18.2 Å². The number of methoxy groups -OCH3 is 1. The Labute approximate surface area is 200 Å². The number of nitrogens with one attached hydrogen (secondary N) is 3. The van der Waals surface area contributed by atoms with Crippen LogP contribution in [0.3, 0.4) is 0 Å². The molecule has 1 aliphatic heterocycles. The predicted octanol–water partition coefficient (Wildman–Crippen LogP) is 4.81. The predicted molar refractivity (Wildman–Crippen MR) is 132 cm³/mol. The molecule has 1 aliphatic carbocycles. The van der Waals surface area contributed by atoms with Crippen LogP contribution in [-0.2, 0) is 0 Å². The fourth-order valence-electron chi connectivity index (χ4n) is 4.96. The monoisotopic (exact) mass is 473 g/mol. The van der Waals surface area contributed by atoms with Gasteiger partial charge in [0.05, 0.1) is 26.7 Å². The van der Waals surface area contributed by atoms with Crippen LogP contribution in [-0.4, -0.2) is 58.4 Å². The van der Waals surface area contributed by atoms with Gasteiger partial charge >= 0.3 is 0 Å². The molecule has 2 aliphatic rings. The van der Waals surface area contributed by atoms with Crippen molar-refractivity contribution in [3.63, 3.8) is 0 Å². The Kier molecular flexibility index (Phi) is 7.99. The van der Waals surface area contributed by atoms with Crippen molar-refractivity contribution in [2.75, 3.05) is 42.7 Å². The molecule has 1 aromatic heterocycles. The zero-order valence-corrected chi connectivity index (χ0v) is 20.1. The van der Waals surface area contributed by atoms with Gasteiger partial charge in [0.2, 0.25) is 17.8 Å². The number of halogens is 1. The number of rotatable bonds is 9. The molecule has 4 rings (SSSR count). The van der Waals surface area contributed by atoms with Crippen LogP contribution in [0, 0.1) is 11.0 Å². The van der Waals surface area contributed by atoms with Gasteiger partial charge in [-0.25, -0.2) is 4.39 Å². The van der Waals surface area contributed by atoms with E-state index in [4.69, 9.17) is 4.74 Å². The zero-order chi connectivity index (χ0) is 24.0. The molecule has 34 heavy (non-hydrogen) atoms. The molecule has 2 aromatic rings. The second-order valence-corrected chi connectivity index (χ2v) is 9.28. The number of hydroxylamine groups is 3. The summed E-state index contributed by atoms with van der Waals surface area (Å²) in [5, 5.41) is 22.8. The van der Waals surface area contributed by atoms with Gasteiger partial charge in [-0.2, -0.15) is 15.0 Å². The largest absolute Gasteiger partial charge is 0.633 e. The van der Waals surface area contributed by atoms with Crippen LogP contribution in [0.25, 0.3) is 0 Å². The molecule has 2 atom stereocenters.